The van der Waals surface area contributed by atoms with Crippen molar-refractivity contribution in [2.45, 2.75) is 6.54 Å². The Kier molecular flexibility index (Phi) is 3.97. The van der Waals surface area contributed by atoms with Gasteiger partial charge in [0, 0.05) is 18.3 Å². The summed E-state index contributed by atoms with van der Waals surface area (Å²) in [4.78, 5) is 14.6. The summed E-state index contributed by atoms with van der Waals surface area (Å²) >= 11 is 5.90. The van der Waals surface area contributed by atoms with Crippen LogP contribution in [0, 0.1) is 5.82 Å². The summed E-state index contributed by atoms with van der Waals surface area (Å²) in [6.45, 7) is 0.214. The Balaban J connectivity index is 2.12. The summed E-state index contributed by atoms with van der Waals surface area (Å²) < 4.78 is 13.4. The molecular weight excluding hydrogens is 271 g/mol. The van der Waals surface area contributed by atoms with Crippen molar-refractivity contribution in [3.8, 4) is 0 Å². The molecule has 0 atom stereocenters. The van der Waals surface area contributed by atoms with Gasteiger partial charge >= 0.3 is 5.97 Å². The maximum atomic E-state index is 13.4. The van der Waals surface area contributed by atoms with Crippen LogP contribution in [0.15, 0.2) is 36.5 Å². The van der Waals surface area contributed by atoms with E-state index >= 15 is 0 Å². The number of hydrogen-bond donors (Lipinski definition) is 2. The van der Waals surface area contributed by atoms with E-state index in [0.29, 0.717) is 11.4 Å². The lowest BCUT2D eigenvalue weighted by Gasteiger charge is -2.08. The number of anilines is 1. The Morgan fingerprint density at radius 3 is 2.79 bits per heavy atom. The predicted octanol–water partition coefficient (Wildman–Crippen LogP) is 3.18. The first-order chi connectivity index (χ1) is 9.08. The maximum absolute atomic E-state index is 13.4. The highest BCUT2D eigenvalue weighted by Gasteiger charge is 2.09. The molecule has 0 fully saturated rings. The number of benzene rings is 1. The van der Waals surface area contributed by atoms with E-state index in [2.05, 4.69) is 10.3 Å². The summed E-state index contributed by atoms with van der Waals surface area (Å²) in [6, 6.07) is 7.62. The number of hydrogen-bond acceptors (Lipinski definition) is 3. The zero-order valence-electron chi connectivity index (χ0n) is 9.73. The Bertz CT molecular complexity index is 619. The highest BCUT2D eigenvalue weighted by molar-refractivity contribution is 6.33. The molecule has 0 aliphatic carbocycles. The van der Waals surface area contributed by atoms with Gasteiger partial charge in [0.1, 0.15) is 11.6 Å². The molecule has 1 aromatic carbocycles. The quantitative estimate of drug-likeness (QED) is 0.903. The molecule has 0 aliphatic heterocycles. The van der Waals surface area contributed by atoms with Gasteiger partial charge in [-0.05, 0) is 12.1 Å². The molecule has 4 nitrogen and oxygen atoms in total. The summed E-state index contributed by atoms with van der Waals surface area (Å²) in [5, 5.41) is 11.8. The van der Waals surface area contributed by atoms with Crippen LogP contribution in [0.3, 0.4) is 0 Å². The smallest absolute Gasteiger partial charge is 0.337 e. The number of halogens is 2. The second-order valence-electron chi connectivity index (χ2n) is 3.80. The largest absolute Gasteiger partial charge is 0.478 e. The molecule has 2 aromatic rings. The van der Waals surface area contributed by atoms with Crippen LogP contribution in [0.1, 0.15) is 15.9 Å². The fourth-order valence-electron chi connectivity index (χ4n) is 1.51. The lowest BCUT2D eigenvalue weighted by molar-refractivity contribution is 0.0696. The lowest BCUT2D eigenvalue weighted by atomic mass is 10.2. The highest BCUT2D eigenvalue weighted by atomic mass is 35.5. The van der Waals surface area contributed by atoms with Crippen LogP contribution in [0.5, 0.6) is 0 Å². The number of carboxylic acid groups (broad SMARTS) is 1. The second kappa shape index (κ2) is 5.67. The van der Waals surface area contributed by atoms with Crippen LogP contribution in [-0.4, -0.2) is 16.1 Å². The second-order valence-corrected chi connectivity index (χ2v) is 4.21. The fourth-order valence-corrected chi connectivity index (χ4v) is 1.74. The van der Waals surface area contributed by atoms with Gasteiger partial charge in [0.15, 0.2) is 0 Å². The van der Waals surface area contributed by atoms with Crippen molar-refractivity contribution < 1.29 is 14.3 Å². The van der Waals surface area contributed by atoms with E-state index in [1.165, 1.54) is 18.3 Å². The van der Waals surface area contributed by atoms with E-state index in [9.17, 15) is 9.18 Å². The van der Waals surface area contributed by atoms with E-state index in [0.717, 1.165) is 0 Å². The number of nitrogens with one attached hydrogen (secondary N) is 1. The normalized spacial score (nSPS) is 10.2. The van der Waals surface area contributed by atoms with E-state index in [-0.39, 0.29) is 22.9 Å². The number of carboxylic acids is 1. The molecule has 19 heavy (non-hydrogen) atoms. The van der Waals surface area contributed by atoms with Gasteiger partial charge in [0.25, 0.3) is 0 Å². The number of nitrogens with zero attached hydrogens (tertiary/aromatic N) is 1. The van der Waals surface area contributed by atoms with Gasteiger partial charge in [-0.1, -0.05) is 29.8 Å². The lowest BCUT2D eigenvalue weighted by Crippen LogP contribution is -2.05. The first kappa shape index (κ1) is 13.3. The summed E-state index contributed by atoms with van der Waals surface area (Å²) in [5.41, 5.74) is 0.476. The SMILES string of the molecule is O=C(O)c1cnc(NCc2ccccc2F)c(Cl)c1. The maximum Gasteiger partial charge on any atom is 0.337 e. The molecular formula is C13H10ClFN2O2. The molecule has 0 saturated carbocycles. The summed E-state index contributed by atoms with van der Waals surface area (Å²) in [7, 11) is 0. The van der Waals surface area contributed by atoms with Crippen molar-refractivity contribution >= 4 is 23.4 Å². The van der Waals surface area contributed by atoms with E-state index in [1.807, 2.05) is 0 Å². The Morgan fingerprint density at radius 2 is 2.16 bits per heavy atom. The highest BCUT2D eigenvalue weighted by Crippen LogP contribution is 2.21. The Labute approximate surface area is 113 Å². The van der Waals surface area contributed by atoms with E-state index < -0.39 is 5.97 Å². The first-order valence-corrected chi connectivity index (χ1v) is 5.82. The van der Waals surface area contributed by atoms with E-state index in [1.54, 1.807) is 18.2 Å². The van der Waals surface area contributed by atoms with Gasteiger partial charge in [-0.3, -0.25) is 0 Å². The molecule has 0 radical (unpaired) electrons. The van der Waals surface area contributed by atoms with Crippen molar-refractivity contribution in [2.75, 3.05) is 5.32 Å². The number of rotatable bonds is 4. The Morgan fingerprint density at radius 1 is 1.42 bits per heavy atom. The van der Waals surface area contributed by atoms with Crippen molar-refractivity contribution in [3.63, 3.8) is 0 Å². The number of pyridine rings is 1. The van der Waals surface area contributed by atoms with Gasteiger partial charge in [-0.25, -0.2) is 14.2 Å². The Hall–Kier alpha value is -2.14. The molecule has 2 rings (SSSR count). The first-order valence-electron chi connectivity index (χ1n) is 5.44. The molecule has 0 spiro atoms. The third-order valence-electron chi connectivity index (χ3n) is 2.49. The van der Waals surface area contributed by atoms with Gasteiger partial charge < -0.3 is 10.4 Å². The molecule has 6 heteroatoms. The molecule has 2 N–H and O–H groups in total. The number of aromatic nitrogens is 1. The van der Waals surface area contributed by atoms with Crippen LogP contribution >= 0.6 is 11.6 Å². The molecule has 0 amide bonds. The number of carbonyl (C=O) groups is 1. The van der Waals surface area contributed by atoms with Crippen molar-refractivity contribution in [1.29, 1.82) is 0 Å². The van der Waals surface area contributed by atoms with Crippen molar-refractivity contribution in [2.24, 2.45) is 0 Å². The minimum Gasteiger partial charge on any atom is -0.478 e. The zero-order valence-corrected chi connectivity index (χ0v) is 10.5. The van der Waals surface area contributed by atoms with E-state index in [4.69, 9.17) is 16.7 Å². The van der Waals surface area contributed by atoms with Gasteiger partial charge in [0.2, 0.25) is 0 Å². The predicted molar refractivity (Wildman–Crippen MR) is 69.9 cm³/mol. The minimum atomic E-state index is -1.10. The fraction of sp³-hybridized carbons (Fsp3) is 0.0769. The molecule has 0 unspecified atom stereocenters. The topological polar surface area (TPSA) is 62.2 Å². The van der Waals surface area contributed by atoms with Crippen LogP contribution < -0.4 is 5.32 Å². The molecule has 0 aliphatic rings. The molecule has 0 saturated heterocycles. The molecule has 1 aromatic heterocycles. The number of aromatic carboxylic acids is 1. The van der Waals surface area contributed by atoms with Gasteiger partial charge in [0.05, 0.1) is 10.6 Å². The minimum absolute atomic E-state index is 0.00133. The summed E-state index contributed by atoms with van der Waals surface area (Å²) in [5.74, 6) is -1.11. The third-order valence-corrected chi connectivity index (χ3v) is 2.78. The van der Waals surface area contributed by atoms with Crippen molar-refractivity contribution in [3.05, 3.63) is 58.5 Å². The molecule has 0 bridgehead atoms. The van der Waals surface area contributed by atoms with Crippen molar-refractivity contribution in [1.82, 2.24) is 4.98 Å². The van der Waals surface area contributed by atoms with Gasteiger partial charge in [-0.2, -0.15) is 0 Å². The molecule has 98 valence electrons. The van der Waals surface area contributed by atoms with Crippen LogP contribution in [-0.2, 0) is 6.54 Å². The zero-order chi connectivity index (χ0) is 13.8. The average Bonchev–Trinajstić information content (AvgIpc) is 2.39. The molecule has 1 heterocycles. The van der Waals surface area contributed by atoms with Crippen LogP contribution in [0.25, 0.3) is 0 Å². The van der Waals surface area contributed by atoms with Crippen LogP contribution in [0.2, 0.25) is 5.02 Å². The summed E-state index contributed by atoms with van der Waals surface area (Å²) in [6.07, 6.45) is 1.19. The monoisotopic (exact) mass is 280 g/mol. The van der Waals surface area contributed by atoms with Crippen LogP contribution in [0.4, 0.5) is 10.2 Å². The average molecular weight is 281 g/mol. The third kappa shape index (κ3) is 3.20. The standard InChI is InChI=1S/C13H10ClFN2O2/c14-10-5-9(13(18)19)7-17-12(10)16-6-8-3-1-2-4-11(8)15/h1-5,7H,6H2,(H,16,17)(H,18,19). The van der Waals surface area contributed by atoms with Gasteiger partial charge in [-0.15, -0.1) is 0 Å².